The molecule has 2 N–H and O–H groups in total. The fourth-order valence-electron chi connectivity index (χ4n) is 6.91. The lowest BCUT2D eigenvalue weighted by Gasteiger charge is -2.04. The van der Waals surface area contributed by atoms with Crippen LogP contribution in [0.3, 0.4) is 0 Å². The average Bonchev–Trinajstić information content (AvgIpc) is 3.09. The molecule has 0 amide bonds. The molecule has 2 heteroatoms. The van der Waals surface area contributed by atoms with E-state index in [2.05, 4.69) is 13.8 Å². The van der Waals surface area contributed by atoms with E-state index in [1.165, 1.54) is 250 Å². The molecule has 0 rings (SSSR count). The van der Waals surface area contributed by atoms with Crippen molar-refractivity contribution < 1.29 is 10.2 Å². The lowest BCUT2D eigenvalue weighted by Crippen LogP contribution is -1.85. The van der Waals surface area contributed by atoms with Gasteiger partial charge in [-0.15, -0.1) is 0 Å². The smallest absolute Gasteiger partial charge is 0.0431 e. The molecule has 0 heterocycles. The van der Waals surface area contributed by atoms with Gasteiger partial charge in [0.2, 0.25) is 0 Å². The summed E-state index contributed by atoms with van der Waals surface area (Å²) >= 11 is 0. The van der Waals surface area contributed by atoms with Crippen LogP contribution in [0.5, 0.6) is 0 Å². The third-order valence-electron chi connectivity index (χ3n) is 10.3. The molecule has 0 aliphatic heterocycles. The van der Waals surface area contributed by atoms with Crippen LogP contribution in [0, 0.1) is 0 Å². The maximum Gasteiger partial charge on any atom is 0.0431 e. The highest BCUT2D eigenvalue weighted by molar-refractivity contribution is 4.52. The van der Waals surface area contributed by atoms with Crippen LogP contribution in [0.25, 0.3) is 0 Å². The first-order valence-electron chi connectivity index (χ1n) is 22.5. The number of unbranched alkanes of at least 4 members (excludes halogenated alkanes) is 39. The summed E-state index contributed by atoms with van der Waals surface area (Å²) in [4.78, 5) is 0. The van der Waals surface area contributed by atoms with Gasteiger partial charge >= 0.3 is 0 Å². The van der Waals surface area contributed by atoms with Crippen molar-refractivity contribution in [2.24, 2.45) is 0 Å². The van der Waals surface area contributed by atoms with Gasteiger partial charge in [-0.05, 0) is 12.8 Å². The Morgan fingerprint density at radius 1 is 0.170 bits per heavy atom. The molecule has 0 bridgehead atoms. The Morgan fingerprint density at radius 2 is 0.277 bits per heavy atom. The molecule has 0 radical (unpaired) electrons. The van der Waals surface area contributed by atoms with E-state index in [0.29, 0.717) is 13.2 Å². The number of aliphatic hydroxyl groups excluding tert-OH is 2. The van der Waals surface area contributed by atoms with Crippen molar-refractivity contribution in [3.8, 4) is 0 Å². The van der Waals surface area contributed by atoms with Crippen LogP contribution in [-0.4, -0.2) is 23.4 Å². The predicted octanol–water partition coefficient (Wildman–Crippen LogP) is 16.0. The molecule has 286 valence electrons. The summed E-state index contributed by atoms with van der Waals surface area (Å²) in [5.41, 5.74) is 0. The van der Waals surface area contributed by atoms with Crippen LogP contribution in [0.4, 0.5) is 0 Å². The highest BCUT2D eigenvalue weighted by atomic mass is 16.3. The summed E-state index contributed by atoms with van der Waals surface area (Å²) in [6.07, 6.45) is 57.7. The van der Waals surface area contributed by atoms with E-state index >= 15 is 0 Å². The molecule has 0 aromatic carbocycles. The van der Waals surface area contributed by atoms with E-state index in [9.17, 15) is 0 Å². The van der Waals surface area contributed by atoms with Crippen molar-refractivity contribution in [3.63, 3.8) is 0 Å². The minimum atomic E-state index is 0.374. The lowest BCUT2D eigenvalue weighted by molar-refractivity contribution is 0.282. The third kappa shape index (κ3) is 52.9. The van der Waals surface area contributed by atoms with Gasteiger partial charge < -0.3 is 10.2 Å². The van der Waals surface area contributed by atoms with Crippen LogP contribution >= 0.6 is 0 Å². The lowest BCUT2D eigenvalue weighted by atomic mass is 10.0. The fourth-order valence-corrected chi connectivity index (χ4v) is 6.91. The van der Waals surface area contributed by atoms with Gasteiger partial charge in [-0.1, -0.05) is 264 Å². The van der Waals surface area contributed by atoms with E-state index in [1.807, 2.05) is 0 Å². The van der Waals surface area contributed by atoms with Crippen molar-refractivity contribution in [1.82, 2.24) is 0 Å². The molecule has 2 nitrogen and oxygen atoms in total. The van der Waals surface area contributed by atoms with Gasteiger partial charge in [0.05, 0.1) is 0 Å². The van der Waals surface area contributed by atoms with Crippen LogP contribution in [0.15, 0.2) is 0 Å². The summed E-state index contributed by atoms with van der Waals surface area (Å²) < 4.78 is 0. The van der Waals surface area contributed by atoms with Crippen LogP contribution < -0.4 is 0 Å². The Morgan fingerprint density at radius 3 is 0.383 bits per heavy atom. The maximum atomic E-state index is 8.72. The van der Waals surface area contributed by atoms with Gasteiger partial charge in [0, 0.05) is 13.2 Å². The zero-order valence-corrected chi connectivity index (χ0v) is 33.3. The van der Waals surface area contributed by atoms with Crippen molar-refractivity contribution in [3.05, 3.63) is 0 Å². The molecule has 0 unspecified atom stereocenters. The van der Waals surface area contributed by atoms with E-state index in [0.717, 1.165) is 12.8 Å². The summed E-state index contributed by atoms with van der Waals surface area (Å²) in [5.74, 6) is 0. The Bertz CT molecular complexity index is 437. The molecule has 0 aliphatic carbocycles. The molecule has 0 saturated heterocycles. The standard InChI is InChI=1S/C23H48O.C22H46O/c1-2-3-4-5-6-7-8-9-10-11-12-13-14-15-16-17-18-19-20-21-22-23-24;1-2-3-4-5-6-7-8-9-10-11-12-13-14-15-16-17-18-19-20-21-22-23/h24H,2-23H2,1H3;23H,2-22H2,1H3. The molecule has 0 fully saturated rings. The molecule has 47 heavy (non-hydrogen) atoms. The van der Waals surface area contributed by atoms with Gasteiger partial charge in [0.15, 0.2) is 0 Å². The van der Waals surface area contributed by atoms with Crippen LogP contribution in [-0.2, 0) is 0 Å². The van der Waals surface area contributed by atoms with Crippen molar-refractivity contribution in [2.75, 3.05) is 13.2 Å². The zero-order chi connectivity index (χ0) is 34.4. The first-order valence-corrected chi connectivity index (χ1v) is 22.5. The van der Waals surface area contributed by atoms with Crippen molar-refractivity contribution in [1.29, 1.82) is 0 Å². The monoisotopic (exact) mass is 667 g/mol. The van der Waals surface area contributed by atoms with Crippen LogP contribution in [0.1, 0.15) is 277 Å². The first kappa shape index (κ1) is 49.0. The predicted molar refractivity (Wildman–Crippen MR) is 215 cm³/mol. The molecular formula is C45H94O2. The second-order valence-electron chi connectivity index (χ2n) is 15.2. The van der Waals surface area contributed by atoms with E-state index in [4.69, 9.17) is 10.2 Å². The first-order chi connectivity index (χ1) is 23.3. The maximum absolute atomic E-state index is 8.72. The number of hydrogen-bond acceptors (Lipinski definition) is 2. The number of rotatable bonds is 41. The highest BCUT2D eigenvalue weighted by Gasteiger charge is 1.97. The summed E-state index contributed by atoms with van der Waals surface area (Å²) in [7, 11) is 0. The van der Waals surface area contributed by atoms with E-state index in [1.54, 1.807) is 0 Å². The molecule has 0 aliphatic rings. The third-order valence-corrected chi connectivity index (χ3v) is 10.3. The zero-order valence-electron chi connectivity index (χ0n) is 33.3. The van der Waals surface area contributed by atoms with Gasteiger partial charge in [-0.2, -0.15) is 0 Å². The largest absolute Gasteiger partial charge is 0.396 e. The van der Waals surface area contributed by atoms with E-state index in [-0.39, 0.29) is 0 Å². The molecule has 0 spiro atoms. The normalized spacial score (nSPS) is 11.2. The number of hydrogen-bond donors (Lipinski definition) is 2. The average molecular weight is 667 g/mol. The summed E-state index contributed by atoms with van der Waals surface area (Å²) in [6, 6.07) is 0. The SMILES string of the molecule is CCCCCCCCCCCCCCCCCCCCCCCO.CCCCCCCCCCCCCCCCCCCCCCO. The van der Waals surface area contributed by atoms with Gasteiger partial charge in [0.25, 0.3) is 0 Å². The quantitative estimate of drug-likeness (QED) is 0.0638. The molecular weight excluding hydrogens is 572 g/mol. The Balaban J connectivity index is 0. The van der Waals surface area contributed by atoms with Crippen molar-refractivity contribution in [2.45, 2.75) is 277 Å². The van der Waals surface area contributed by atoms with Gasteiger partial charge in [0.1, 0.15) is 0 Å². The Labute approximate surface area is 299 Å². The topological polar surface area (TPSA) is 40.5 Å². The molecule has 0 saturated carbocycles. The summed E-state index contributed by atoms with van der Waals surface area (Å²) in [5, 5.41) is 17.4. The number of aliphatic hydroxyl groups is 2. The van der Waals surface area contributed by atoms with E-state index < -0.39 is 0 Å². The Kier molecular flexibility index (Phi) is 52.5. The molecule has 0 atom stereocenters. The van der Waals surface area contributed by atoms with Gasteiger partial charge in [-0.3, -0.25) is 0 Å². The Hall–Kier alpha value is -0.0800. The van der Waals surface area contributed by atoms with Crippen molar-refractivity contribution >= 4 is 0 Å². The fraction of sp³-hybridized carbons (Fsp3) is 1.00. The molecule has 0 aromatic rings. The minimum absolute atomic E-state index is 0.374. The second kappa shape index (κ2) is 50.3. The minimum Gasteiger partial charge on any atom is -0.396 e. The van der Waals surface area contributed by atoms with Crippen LogP contribution in [0.2, 0.25) is 0 Å². The second-order valence-corrected chi connectivity index (χ2v) is 15.2. The van der Waals surface area contributed by atoms with Gasteiger partial charge in [-0.25, -0.2) is 0 Å². The summed E-state index contributed by atoms with van der Waals surface area (Å²) in [6.45, 7) is 5.33. The molecule has 0 aromatic heterocycles. The highest BCUT2D eigenvalue weighted by Crippen LogP contribution is 2.16.